The highest BCUT2D eigenvalue weighted by molar-refractivity contribution is 7.90. The average Bonchev–Trinajstić information content (AvgIpc) is 2.41. The van der Waals surface area contributed by atoms with Crippen LogP contribution in [0, 0.1) is 6.92 Å². The Hall–Kier alpha value is -1.67. The Bertz CT molecular complexity index is 602. The molecular weight excluding hydrogens is 282 g/mol. The molecule has 1 aromatic rings. The molecule has 1 unspecified atom stereocenters. The molecular formula is C12H17N3O4S. The molecule has 0 amide bonds. The summed E-state index contributed by atoms with van der Waals surface area (Å²) in [4.78, 5) is 15.1. The molecule has 1 fully saturated rings. The number of carboxylic acid groups (broad SMARTS) is 1. The first kappa shape index (κ1) is 14.7. The number of anilines is 1. The molecule has 0 spiro atoms. The van der Waals surface area contributed by atoms with Crippen LogP contribution in [0.1, 0.15) is 24.8 Å². The number of aryl methyl sites for hydroxylation is 1. The maximum Gasteiger partial charge on any atom is 0.322 e. The van der Waals surface area contributed by atoms with E-state index in [1.54, 1.807) is 19.2 Å². The van der Waals surface area contributed by atoms with E-state index in [1.807, 2.05) is 0 Å². The summed E-state index contributed by atoms with van der Waals surface area (Å²) in [7, 11) is -3.89. The third kappa shape index (κ3) is 3.07. The van der Waals surface area contributed by atoms with Gasteiger partial charge in [0, 0.05) is 12.7 Å². The fourth-order valence-corrected chi connectivity index (χ4v) is 3.72. The van der Waals surface area contributed by atoms with Gasteiger partial charge in [-0.15, -0.1) is 0 Å². The predicted molar refractivity (Wildman–Crippen MR) is 73.5 cm³/mol. The summed E-state index contributed by atoms with van der Waals surface area (Å²) in [5, 5.41) is 9.15. The molecule has 8 heteroatoms. The maximum atomic E-state index is 12.3. The van der Waals surface area contributed by atoms with Crippen molar-refractivity contribution >= 4 is 21.9 Å². The van der Waals surface area contributed by atoms with Crippen LogP contribution in [0.5, 0.6) is 0 Å². The number of piperidine rings is 1. The van der Waals surface area contributed by atoms with Crippen molar-refractivity contribution in [2.45, 2.75) is 32.2 Å². The van der Waals surface area contributed by atoms with Crippen molar-refractivity contribution in [2.75, 3.05) is 11.3 Å². The Labute approximate surface area is 117 Å². The van der Waals surface area contributed by atoms with E-state index in [1.165, 1.54) is 6.20 Å². The molecule has 1 atom stereocenters. The van der Waals surface area contributed by atoms with E-state index in [0.717, 1.165) is 16.3 Å². The van der Waals surface area contributed by atoms with Crippen molar-refractivity contribution in [1.82, 2.24) is 9.29 Å². The highest BCUT2D eigenvalue weighted by Crippen LogP contribution is 2.23. The number of aromatic nitrogens is 1. The zero-order valence-electron chi connectivity index (χ0n) is 11.1. The molecule has 2 heterocycles. The number of nitrogens with one attached hydrogen (secondary N) is 1. The minimum Gasteiger partial charge on any atom is -0.480 e. The van der Waals surface area contributed by atoms with E-state index < -0.39 is 22.2 Å². The first-order chi connectivity index (χ1) is 9.42. The molecule has 1 aliphatic heterocycles. The van der Waals surface area contributed by atoms with Crippen LogP contribution in [0.2, 0.25) is 0 Å². The van der Waals surface area contributed by atoms with E-state index in [-0.39, 0.29) is 6.54 Å². The number of carboxylic acids is 1. The lowest BCUT2D eigenvalue weighted by Gasteiger charge is -2.32. The second kappa shape index (κ2) is 5.76. The van der Waals surface area contributed by atoms with E-state index in [2.05, 4.69) is 9.71 Å². The highest BCUT2D eigenvalue weighted by atomic mass is 32.2. The molecule has 1 aromatic heterocycles. The van der Waals surface area contributed by atoms with Gasteiger partial charge in [-0.25, -0.2) is 0 Å². The second-order valence-electron chi connectivity index (χ2n) is 4.76. The smallest absolute Gasteiger partial charge is 0.322 e. The number of nitrogens with zero attached hydrogens (tertiary/aromatic N) is 2. The van der Waals surface area contributed by atoms with Gasteiger partial charge in [0.1, 0.15) is 6.04 Å². The van der Waals surface area contributed by atoms with Crippen molar-refractivity contribution in [3.05, 3.63) is 24.0 Å². The standard InChI is InChI=1S/C12H17N3O4S/c1-9-5-6-13-8-10(9)14-20(18,19)15-7-3-2-4-11(15)12(16)17/h5-6,8,11,14H,2-4,7H2,1H3,(H,16,17). The van der Waals surface area contributed by atoms with Gasteiger partial charge >= 0.3 is 16.2 Å². The molecule has 0 saturated carbocycles. The van der Waals surface area contributed by atoms with Crippen LogP contribution in [0.3, 0.4) is 0 Å². The molecule has 0 aromatic carbocycles. The Balaban J connectivity index is 2.25. The monoisotopic (exact) mass is 299 g/mol. The molecule has 1 aliphatic rings. The van der Waals surface area contributed by atoms with Gasteiger partial charge < -0.3 is 5.11 Å². The summed E-state index contributed by atoms with van der Waals surface area (Å²) < 4.78 is 28.1. The van der Waals surface area contributed by atoms with Gasteiger partial charge in [-0.1, -0.05) is 0 Å². The van der Waals surface area contributed by atoms with Crippen molar-refractivity contribution in [2.24, 2.45) is 0 Å². The lowest BCUT2D eigenvalue weighted by atomic mass is 10.1. The van der Waals surface area contributed by atoms with Gasteiger partial charge in [0.15, 0.2) is 0 Å². The Morgan fingerprint density at radius 3 is 2.90 bits per heavy atom. The van der Waals surface area contributed by atoms with Gasteiger partial charge in [-0.3, -0.25) is 14.5 Å². The summed E-state index contributed by atoms with van der Waals surface area (Å²) in [6.07, 6.45) is 4.69. The van der Waals surface area contributed by atoms with Crippen molar-refractivity contribution in [1.29, 1.82) is 0 Å². The van der Waals surface area contributed by atoms with Crippen LogP contribution < -0.4 is 4.72 Å². The lowest BCUT2D eigenvalue weighted by molar-refractivity contribution is -0.142. The molecule has 110 valence electrons. The third-order valence-corrected chi connectivity index (χ3v) is 4.86. The molecule has 7 nitrogen and oxygen atoms in total. The van der Waals surface area contributed by atoms with Crippen LogP contribution in [0.4, 0.5) is 5.69 Å². The lowest BCUT2D eigenvalue weighted by Crippen LogP contribution is -2.50. The zero-order valence-corrected chi connectivity index (χ0v) is 11.9. The fourth-order valence-electron chi connectivity index (χ4n) is 2.21. The number of aliphatic carboxylic acids is 1. The SMILES string of the molecule is Cc1ccncc1NS(=O)(=O)N1CCCCC1C(=O)O. The molecule has 2 rings (SSSR count). The van der Waals surface area contributed by atoms with Gasteiger partial charge in [0.2, 0.25) is 0 Å². The van der Waals surface area contributed by atoms with Crippen LogP contribution >= 0.6 is 0 Å². The Morgan fingerprint density at radius 2 is 2.25 bits per heavy atom. The molecule has 2 N–H and O–H groups in total. The van der Waals surface area contributed by atoms with Crippen LogP contribution in [-0.2, 0) is 15.0 Å². The third-order valence-electron chi connectivity index (χ3n) is 3.33. The maximum absolute atomic E-state index is 12.3. The average molecular weight is 299 g/mol. The predicted octanol–water partition coefficient (Wildman–Crippen LogP) is 0.986. The first-order valence-corrected chi connectivity index (χ1v) is 7.79. The van der Waals surface area contributed by atoms with E-state index in [4.69, 9.17) is 5.11 Å². The summed E-state index contributed by atoms with van der Waals surface area (Å²) in [5.41, 5.74) is 1.09. The molecule has 0 radical (unpaired) electrons. The van der Waals surface area contributed by atoms with Gasteiger partial charge in [0.25, 0.3) is 0 Å². The van der Waals surface area contributed by atoms with Gasteiger partial charge in [-0.05, 0) is 37.8 Å². The van der Waals surface area contributed by atoms with Crippen LogP contribution in [-0.4, -0.2) is 41.4 Å². The number of rotatable bonds is 4. The first-order valence-electron chi connectivity index (χ1n) is 6.35. The number of pyridine rings is 1. The molecule has 0 aliphatic carbocycles. The number of hydrogen-bond donors (Lipinski definition) is 2. The minimum absolute atomic E-state index is 0.214. The van der Waals surface area contributed by atoms with E-state index in [0.29, 0.717) is 18.5 Å². The second-order valence-corrected chi connectivity index (χ2v) is 6.38. The Morgan fingerprint density at radius 1 is 1.50 bits per heavy atom. The normalized spacial score (nSPS) is 20.6. The Kier molecular flexibility index (Phi) is 4.24. The largest absolute Gasteiger partial charge is 0.480 e. The summed E-state index contributed by atoms with van der Waals surface area (Å²) in [6, 6.07) is 0.682. The van der Waals surface area contributed by atoms with E-state index >= 15 is 0 Å². The van der Waals surface area contributed by atoms with Gasteiger partial charge in [-0.2, -0.15) is 12.7 Å². The fraction of sp³-hybridized carbons (Fsp3) is 0.500. The van der Waals surface area contributed by atoms with Crippen molar-refractivity contribution < 1.29 is 18.3 Å². The quantitative estimate of drug-likeness (QED) is 0.863. The number of hydrogen-bond acceptors (Lipinski definition) is 4. The van der Waals surface area contributed by atoms with E-state index in [9.17, 15) is 13.2 Å². The molecule has 0 bridgehead atoms. The molecule has 1 saturated heterocycles. The van der Waals surface area contributed by atoms with Crippen LogP contribution in [0.15, 0.2) is 18.5 Å². The van der Waals surface area contributed by atoms with Crippen molar-refractivity contribution in [3.63, 3.8) is 0 Å². The summed E-state index contributed by atoms with van der Waals surface area (Å²) >= 11 is 0. The highest BCUT2D eigenvalue weighted by Gasteiger charge is 2.36. The summed E-state index contributed by atoms with van der Waals surface area (Å²) in [6.45, 7) is 1.97. The van der Waals surface area contributed by atoms with Crippen molar-refractivity contribution in [3.8, 4) is 0 Å². The van der Waals surface area contributed by atoms with Crippen LogP contribution in [0.25, 0.3) is 0 Å². The number of carbonyl (C=O) groups is 1. The molecule has 20 heavy (non-hydrogen) atoms. The zero-order chi connectivity index (χ0) is 14.8. The summed E-state index contributed by atoms with van der Waals surface area (Å²) in [5.74, 6) is -1.11. The topological polar surface area (TPSA) is 99.6 Å². The minimum atomic E-state index is -3.89. The van der Waals surface area contributed by atoms with Gasteiger partial charge in [0.05, 0.1) is 11.9 Å².